The van der Waals surface area contributed by atoms with Crippen LogP contribution in [0.25, 0.3) is 0 Å². The molecule has 2 aliphatic rings. The maximum Gasteiger partial charge on any atom is 0.306 e. The molecule has 2 aromatic carbocycles. The number of hydrogen-bond donors (Lipinski definition) is 0. The van der Waals surface area contributed by atoms with E-state index in [0.717, 1.165) is 25.9 Å². The van der Waals surface area contributed by atoms with Gasteiger partial charge >= 0.3 is 5.97 Å². The second kappa shape index (κ2) is 8.89. The molecule has 2 fully saturated rings. The van der Waals surface area contributed by atoms with E-state index in [1.165, 1.54) is 10.4 Å². The second-order valence-corrected chi connectivity index (χ2v) is 15.3. The summed E-state index contributed by atoms with van der Waals surface area (Å²) in [7, 11) is -2.48. The molecular weight excluding hydrogens is 408 g/mol. The van der Waals surface area contributed by atoms with Crippen LogP contribution in [0.3, 0.4) is 0 Å². The number of thioether (sulfide) groups is 1. The van der Waals surface area contributed by atoms with Gasteiger partial charge in [0.15, 0.2) is 0 Å². The van der Waals surface area contributed by atoms with Crippen molar-refractivity contribution in [3.63, 3.8) is 0 Å². The molecule has 0 amide bonds. The average molecular weight is 441 g/mol. The van der Waals surface area contributed by atoms with Gasteiger partial charge in [0.2, 0.25) is 0 Å². The van der Waals surface area contributed by atoms with Crippen molar-refractivity contribution in [1.29, 1.82) is 0 Å². The minimum Gasteiger partial charge on any atom is -0.461 e. The van der Waals surface area contributed by atoms with Crippen LogP contribution in [0.2, 0.25) is 5.04 Å². The highest BCUT2D eigenvalue weighted by atomic mass is 32.2. The van der Waals surface area contributed by atoms with E-state index in [-0.39, 0.29) is 17.1 Å². The fourth-order valence-electron chi connectivity index (χ4n) is 4.92. The molecule has 2 aromatic rings. The Morgan fingerprint density at radius 2 is 1.57 bits per heavy atom. The van der Waals surface area contributed by atoms with E-state index in [1.807, 2.05) is 11.8 Å². The van der Waals surface area contributed by atoms with Gasteiger partial charge in [-0.2, -0.15) is 0 Å². The molecule has 4 rings (SSSR count). The number of carbonyl (C=O) groups excluding carboxylic acids is 1. The molecule has 2 saturated heterocycles. The zero-order valence-electron chi connectivity index (χ0n) is 18.2. The Labute approximate surface area is 185 Å². The molecule has 30 heavy (non-hydrogen) atoms. The van der Waals surface area contributed by atoms with Gasteiger partial charge in [-0.05, 0) is 34.7 Å². The Morgan fingerprint density at radius 3 is 2.07 bits per heavy atom. The molecule has 5 heteroatoms. The normalized spacial score (nSPS) is 24.8. The zero-order chi connectivity index (χ0) is 21.2. The number of esters is 1. The Hall–Kier alpha value is -1.56. The highest BCUT2D eigenvalue weighted by Gasteiger charge is 2.50. The largest absolute Gasteiger partial charge is 0.461 e. The highest BCUT2D eigenvalue weighted by molar-refractivity contribution is 8.00. The number of carbonyl (C=O) groups is 1. The lowest BCUT2D eigenvalue weighted by Gasteiger charge is -2.43. The molecular formula is C25H32O3SSi. The van der Waals surface area contributed by atoms with Crippen molar-refractivity contribution < 1.29 is 14.0 Å². The van der Waals surface area contributed by atoms with Crippen LogP contribution in [0.5, 0.6) is 0 Å². The first kappa shape index (κ1) is 21.7. The summed E-state index contributed by atoms with van der Waals surface area (Å²) in [6.45, 7) is 7.71. The van der Waals surface area contributed by atoms with Gasteiger partial charge in [0.1, 0.15) is 6.10 Å². The van der Waals surface area contributed by atoms with Crippen LogP contribution in [0.4, 0.5) is 0 Å². The van der Waals surface area contributed by atoms with Crippen molar-refractivity contribution in [1.82, 2.24) is 0 Å². The molecule has 3 nitrogen and oxygen atoms in total. The third kappa shape index (κ3) is 4.25. The summed E-state index contributed by atoms with van der Waals surface area (Å²) in [5.74, 6) is -0.0346. The van der Waals surface area contributed by atoms with Crippen molar-refractivity contribution in [3.8, 4) is 0 Å². The Kier molecular flexibility index (Phi) is 6.42. The number of cyclic esters (lactones) is 1. The smallest absolute Gasteiger partial charge is 0.306 e. The first-order valence-electron chi connectivity index (χ1n) is 11.0. The van der Waals surface area contributed by atoms with E-state index in [4.69, 9.17) is 9.16 Å². The number of ether oxygens (including phenoxy) is 1. The third-order valence-corrected chi connectivity index (χ3v) is 13.0. The van der Waals surface area contributed by atoms with Crippen LogP contribution < -0.4 is 10.4 Å². The van der Waals surface area contributed by atoms with E-state index in [2.05, 4.69) is 81.4 Å². The fraction of sp³-hybridized carbons (Fsp3) is 0.480. The van der Waals surface area contributed by atoms with E-state index in [1.54, 1.807) is 0 Å². The van der Waals surface area contributed by atoms with Gasteiger partial charge in [0, 0.05) is 23.5 Å². The van der Waals surface area contributed by atoms with Crippen molar-refractivity contribution in [2.24, 2.45) is 0 Å². The fourth-order valence-corrected chi connectivity index (χ4v) is 11.2. The molecule has 2 heterocycles. The molecule has 0 aromatic heterocycles. The van der Waals surface area contributed by atoms with Crippen molar-refractivity contribution in [3.05, 3.63) is 60.7 Å². The predicted molar refractivity (Wildman–Crippen MR) is 127 cm³/mol. The average Bonchev–Trinajstić information content (AvgIpc) is 3.38. The van der Waals surface area contributed by atoms with Gasteiger partial charge in [0.05, 0.1) is 0 Å². The number of hydrogen-bond acceptors (Lipinski definition) is 4. The first-order chi connectivity index (χ1) is 14.4. The standard InChI is InChI=1S/C25H32O3SSi/c1-25(2,3)30(20-10-6-4-7-11-20,21-12-8-5-9-13-21)27-18-19-14-16-23(29-19)22-15-17-24(26)28-22/h4-13,19,22-23H,14-18H2,1-3H3/t19-,22+,23-/m1/s1. The molecule has 0 spiro atoms. The third-order valence-electron chi connectivity index (χ3n) is 6.37. The Bertz CT molecular complexity index is 810. The lowest BCUT2D eigenvalue weighted by molar-refractivity contribution is -0.141. The molecule has 0 saturated carbocycles. The van der Waals surface area contributed by atoms with E-state index < -0.39 is 8.32 Å². The summed E-state index contributed by atoms with van der Waals surface area (Å²) in [6.07, 6.45) is 3.78. The summed E-state index contributed by atoms with van der Waals surface area (Å²) in [5.41, 5.74) is 0. The van der Waals surface area contributed by atoms with Crippen LogP contribution >= 0.6 is 11.8 Å². The monoisotopic (exact) mass is 440 g/mol. The lowest BCUT2D eigenvalue weighted by atomic mass is 10.1. The molecule has 0 unspecified atom stereocenters. The van der Waals surface area contributed by atoms with Gasteiger partial charge in [-0.15, -0.1) is 11.8 Å². The highest BCUT2D eigenvalue weighted by Crippen LogP contribution is 2.42. The van der Waals surface area contributed by atoms with Crippen LogP contribution in [0, 0.1) is 0 Å². The molecule has 0 radical (unpaired) electrons. The van der Waals surface area contributed by atoms with Crippen molar-refractivity contribution >= 4 is 36.4 Å². The van der Waals surface area contributed by atoms with Crippen LogP contribution in [0.1, 0.15) is 46.5 Å². The maximum absolute atomic E-state index is 11.5. The Morgan fingerprint density at radius 1 is 0.967 bits per heavy atom. The minimum absolute atomic E-state index is 0.000633. The molecule has 3 atom stereocenters. The van der Waals surface area contributed by atoms with Gasteiger partial charge in [0.25, 0.3) is 8.32 Å². The topological polar surface area (TPSA) is 35.5 Å². The predicted octanol–water partition coefficient (Wildman–Crippen LogP) is 4.53. The first-order valence-corrected chi connectivity index (χ1v) is 13.9. The molecule has 0 N–H and O–H groups in total. The van der Waals surface area contributed by atoms with Crippen LogP contribution in [-0.2, 0) is 14.0 Å². The minimum atomic E-state index is -2.48. The van der Waals surface area contributed by atoms with Gasteiger partial charge in [-0.1, -0.05) is 81.4 Å². The van der Waals surface area contributed by atoms with E-state index in [0.29, 0.717) is 16.9 Å². The number of benzene rings is 2. The SMILES string of the molecule is CC(C)(C)[Si](OC[C@H]1CC[C@H]([C@@H]2CCC(=O)O2)S1)(c1ccccc1)c1ccccc1. The van der Waals surface area contributed by atoms with E-state index >= 15 is 0 Å². The van der Waals surface area contributed by atoms with E-state index in [9.17, 15) is 4.79 Å². The Balaban J connectivity index is 1.57. The lowest BCUT2D eigenvalue weighted by Crippen LogP contribution is -2.67. The summed E-state index contributed by atoms with van der Waals surface area (Å²) in [4.78, 5) is 11.5. The second-order valence-electron chi connectivity index (χ2n) is 9.42. The summed E-state index contributed by atoms with van der Waals surface area (Å²) in [6, 6.07) is 21.6. The molecule has 160 valence electrons. The quantitative estimate of drug-likeness (QED) is 0.488. The molecule has 2 aliphatic heterocycles. The zero-order valence-corrected chi connectivity index (χ0v) is 20.0. The van der Waals surface area contributed by atoms with Crippen LogP contribution in [0.15, 0.2) is 60.7 Å². The van der Waals surface area contributed by atoms with Crippen LogP contribution in [-0.4, -0.2) is 37.5 Å². The summed E-state index contributed by atoms with van der Waals surface area (Å²) >= 11 is 1.97. The molecule has 0 aliphatic carbocycles. The number of rotatable bonds is 6. The van der Waals surface area contributed by atoms with Crippen molar-refractivity contribution in [2.75, 3.05) is 6.61 Å². The van der Waals surface area contributed by atoms with Gasteiger partial charge in [-0.25, -0.2) is 0 Å². The van der Waals surface area contributed by atoms with Gasteiger partial charge < -0.3 is 9.16 Å². The molecule has 0 bridgehead atoms. The van der Waals surface area contributed by atoms with Crippen molar-refractivity contribution in [2.45, 2.75) is 68.1 Å². The van der Waals surface area contributed by atoms with Gasteiger partial charge in [-0.3, -0.25) is 4.79 Å². The summed E-state index contributed by atoms with van der Waals surface area (Å²) < 4.78 is 12.6. The maximum atomic E-state index is 11.5. The summed E-state index contributed by atoms with van der Waals surface area (Å²) in [5, 5.41) is 3.53.